The first kappa shape index (κ1) is 16.8. The summed E-state index contributed by atoms with van der Waals surface area (Å²) in [5.74, 6) is -0.789. The zero-order chi connectivity index (χ0) is 17.8. The molecule has 1 aliphatic heterocycles. The standard InChI is InChI=1S/C18H16FNO5/c19-13-4-5-15-12(7-13)8-16(25-15)18(23)20-9-11-2-1-3-14(6-11)24-10-17(21)22/h1-7,16H,8-10H2,(H,20,23)(H,21,22)/t16-/m0/s1. The molecule has 0 radical (unpaired) electrons. The molecule has 1 amide bonds. The number of rotatable bonds is 6. The average Bonchev–Trinajstić information content (AvgIpc) is 3.01. The van der Waals surface area contributed by atoms with Crippen LogP contribution >= 0.6 is 0 Å². The van der Waals surface area contributed by atoms with E-state index >= 15 is 0 Å². The van der Waals surface area contributed by atoms with Crippen LogP contribution in [0.1, 0.15) is 11.1 Å². The molecule has 1 heterocycles. The molecule has 0 fully saturated rings. The predicted octanol–water partition coefficient (Wildman–Crippen LogP) is 1.91. The number of benzene rings is 2. The average molecular weight is 345 g/mol. The third kappa shape index (κ3) is 4.26. The summed E-state index contributed by atoms with van der Waals surface area (Å²) in [7, 11) is 0. The van der Waals surface area contributed by atoms with E-state index in [-0.39, 0.29) is 18.3 Å². The minimum absolute atomic E-state index is 0.244. The number of nitrogens with one attached hydrogen (secondary N) is 1. The second-order valence-electron chi connectivity index (χ2n) is 5.61. The van der Waals surface area contributed by atoms with Crippen LogP contribution < -0.4 is 14.8 Å². The van der Waals surface area contributed by atoms with Crippen molar-refractivity contribution in [2.45, 2.75) is 19.1 Å². The number of hydrogen-bond donors (Lipinski definition) is 2. The van der Waals surface area contributed by atoms with E-state index in [2.05, 4.69) is 5.32 Å². The molecule has 2 aromatic carbocycles. The second kappa shape index (κ2) is 7.21. The molecule has 0 spiro atoms. The topological polar surface area (TPSA) is 84.9 Å². The fourth-order valence-electron chi connectivity index (χ4n) is 2.56. The second-order valence-corrected chi connectivity index (χ2v) is 5.61. The first-order valence-electron chi connectivity index (χ1n) is 7.67. The molecule has 6 nitrogen and oxygen atoms in total. The first-order chi connectivity index (χ1) is 12.0. The van der Waals surface area contributed by atoms with E-state index in [9.17, 15) is 14.0 Å². The summed E-state index contributed by atoms with van der Waals surface area (Å²) in [6.45, 7) is -0.186. The van der Waals surface area contributed by atoms with Gasteiger partial charge in [0.25, 0.3) is 5.91 Å². The Hall–Kier alpha value is -3.09. The highest BCUT2D eigenvalue weighted by molar-refractivity contribution is 5.82. The van der Waals surface area contributed by atoms with Crippen molar-refractivity contribution in [3.63, 3.8) is 0 Å². The number of carbonyl (C=O) groups is 2. The molecule has 7 heteroatoms. The van der Waals surface area contributed by atoms with Gasteiger partial charge in [0.15, 0.2) is 12.7 Å². The number of halogens is 1. The quantitative estimate of drug-likeness (QED) is 0.835. The normalized spacial score (nSPS) is 15.2. The van der Waals surface area contributed by atoms with Gasteiger partial charge in [-0.2, -0.15) is 0 Å². The molecule has 0 saturated heterocycles. The van der Waals surface area contributed by atoms with E-state index in [0.717, 1.165) is 5.56 Å². The molecule has 25 heavy (non-hydrogen) atoms. The van der Waals surface area contributed by atoms with Gasteiger partial charge < -0.3 is 19.9 Å². The number of hydrogen-bond acceptors (Lipinski definition) is 4. The van der Waals surface area contributed by atoms with Crippen LogP contribution in [0.15, 0.2) is 42.5 Å². The maximum absolute atomic E-state index is 13.2. The third-order valence-electron chi connectivity index (χ3n) is 3.72. The van der Waals surface area contributed by atoms with Gasteiger partial charge in [0.1, 0.15) is 17.3 Å². The monoisotopic (exact) mass is 345 g/mol. The summed E-state index contributed by atoms with van der Waals surface area (Å²) < 4.78 is 23.8. The molecule has 130 valence electrons. The number of carbonyl (C=O) groups excluding carboxylic acids is 1. The van der Waals surface area contributed by atoms with Crippen LogP contribution in [0.5, 0.6) is 11.5 Å². The number of aliphatic carboxylic acids is 1. The minimum atomic E-state index is -1.06. The van der Waals surface area contributed by atoms with Gasteiger partial charge >= 0.3 is 5.97 Å². The zero-order valence-corrected chi connectivity index (χ0v) is 13.2. The Bertz CT molecular complexity index is 808. The largest absolute Gasteiger partial charge is 0.482 e. The van der Waals surface area contributed by atoms with Crippen molar-refractivity contribution in [1.82, 2.24) is 5.32 Å². The maximum atomic E-state index is 13.2. The zero-order valence-electron chi connectivity index (χ0n) is 13.2. The Morgan fingerprint density at radius 3 is 2.92 bits per heavy atom. The lowest BCUT2D eigenvalue weighted by atomic mass is 10.1. The molecule has 1 atom stereocenters. The summed E-state index contributed by atoms with van der Waals surface area (Å²) in [5.41, 5.74) is 1.43. The smallest absolute Gasteiger partial charge is 0.341 e. The minimum Gasteiger partial charge on any atom is -0.482 e. The highest BCUT2D eigenvalue weighted by Gasteiger charge is 2.29. The fourth-order valence-corrected chi connectivity index (χ4v) is 2.56. The van der Waals surface area contributed by atoms with Crippen molar-refractivity contribution in [3.8, 4) is 11.5 Å². The predicted molar refractivity (Wildman–Crippen MR) is 85.9 cm³/mol. The number of carboxylic acids is 1. The van der Waals surface area contributed by atoms with Crippen LogP contribution in [-0.4, -0.2) is 29.7 Å². The van der Waals surface area contributed by atoms with Crippen LogP contribution in [0.4, 0.5) is 4.39 Å². The van der Waals surface area contributed by atoms with Crippen LogP contribution in [-0.2, 0) is 22.6 Å². The molecule has 2 aromatic rings. The Labute approximate surface area is 143 Å². The van der Waals surface area contributed by atoms with Crippen molar-refractivity contribution in [1.29, 1.82) is 0 Å². The highest BCUT2D eigenvalue weighted by Crippen LogP contribution is 2.29. The molecule has 0 bridgehead atoms. The summed E-state index contributed by atoms with van der Waals surface area (Å²) in [5, 5.41) is 11.4. The number of carboxylic acid groups (broad SMARTS) is 1. The Morgan fingerprint density at radius 2 is 2.12 bits per heavy atom. The van der Waals surface area contributed by atoms with Gasteiger partial charge in [-0.3, -0.25) is 4.79 Å². The molecular weight excluding hydrogens is 329 g/mol. The third-order valence-corrected chi connectivity index (χ3v) is 3.72. The van der Waals surface area contributed by atoms with Gasteiger partial charge in [0, 0.05) is 18.5 Å². The number of ether oxygens (including phenoxy) is 2. The van der Waals surface area contributed by atoms with E-state index in [1.807, 2.05) is 0 Å². The van der Waals surface area contributed by atoms with E-state index in [0.29, 0.717) is 23.5 Å². The molecule has 0 unspecified atom stereocenters. The van der Waals surface area contributed by atoms with Gasteiger partial charge in [-0.05, 0) is 35.9 Å². The molecule has 0 saturated carbocycles. The number of amides is 1. The van der Waals surface area contributed by atoms with Crippen molar-refractivity contribution < 1.29 is 28.6 Å². The summed E-state index contributed by atoms with van der Waals surface area (Å²) in [6.07, 6.45) is -0.371. The molecule has 1 aliphatic rings. The lowest BCUT2D eigenvalue weighted by Crippen LogP contribution is -2.37. The van der Waals surface area contributed by atoms with Crippen LogP contribution in [0.3, 0.4) is 0 Å². The molecule has 0 aliphatic carbocycles. The maximum Gasteiger partial charge on any atom is 0.341 e. The molecule has 2 N–H and O–H groups in total. The lowest BCUT2D eigenvalue weighted by molar-refractivity contribution is -0.139. The summed E-state index contributed by atoms with van der Waals surface area (Å²) in [4.78, 5) is 22.7. The molecule has 0 aromatic heterocycles. The Balaban J connectivity index is 1.55. The fraction of sp³-hybridized carbons (Fsp3) is 0.222. The Kier molecular flexibility index (Phi) is 4.83. The van der Waals surface area contributed by atoms with Crippen molar-refractivity contribution in [2.24, 2.45) is 0 Å². The number of fused-ring (bicyclic) bond motifs is 1. The Morgan fingerprint density at radius 1 is 1.28 bits per heavy atom. The van der Waals surface area contributed by atoms with Gasteiger partial charge in [0.05, 0.1) is 0 Å². The lowest BCUT2D eigenvalue weighted by Gasteiger charge is -2.12. The van der Waals surface area contributed by atoms with Gasteiger partial charge in [-0.1, -0.05) is 12.1 Å². The van der Waals surface area contributed by atoms with Crippen LogP contribution in [0.2, 0.25) is 0 Å². The van der Waals surface area contributed by atoms with E-state index in [4.69, 9.17) is 14.6 Å². The molecule has 3 rings (SSSR count). The van der Waals surface area contributed by atoms with E-state index in [1.165, 1.54) is 18.2 Å². The van der Waals surface area contributed by atoms with E-state index in [1.54, 1.807) is 24.3 Å². The van der Waals surface area contributed by atoms with Gasteiger partial charge in [-0.25, -0.2) is 9.18 Å². The highest BCUT2D eigenvalue weighted by atomic mass is 19.1. The SMILES string of the molecule is O=C(O)COc1cccc(CNC(=O)[C@@H]2Cc3cc(F)ccc3O2)c1. The molecular formula is C18H16FNO5. The van der Waals surface area contributed by atoms with E-state index < -0.39 is 18.7 Å². The van der Waals surface area contributed by atoms with Crippen molar-refractivity contribution >= 4 is 11.9 Å². The van der Waals surface area contributed by atoms with Crippen LogP contribution in [0.25, 0.3) is 0 Å². The summed E-state index contributed by atoms with van der Waals surface area (Å²) in [6, 6.07) is 11.0. The van der Waals surface area contributed by atoms with Crippen molar-refractivity contribution in [2.75, 3.05) is 6.61 Å². The van der Waals surface area contributed by atoms with Crippen molar-refractivity contribution in [3.05, 3.63) is 59.4 Å². The van der Waals surface area contributed by atoms with Gasteiger partial charge in [-0.15, -0.1) is 0 Å². The summed E-state index contributed by atoms with van der Waals surface area (Å²) >= 11 is 0. The first-order valence-corrected chi connectivity index (χ1v) is 7.67. The van der Waals surface area contributed by atoms with Crippen LogP contribution in [0, 0.1) is 5.82 Å². The van der Waals surface area contributed by atoms with Gasteiger partial charge in [0.2, 0.25) is 0 Å².